The summed E-state index contributed by atoms with van der Waals surface area (Å²) in [4.78, 5) is 15.5. The molecule has 0 aliphatic heterocycles. The highest BCUT2D eigenvalue weighted by Gasteiger charge is 2.30. The quantitative estimate of drug-likeness (QED) is 0.747. The molecule has 0 spiro atoms. The Morgan fingerprint density at radius 2 is 1.63 bits per heavy atom. The molecule has 2 aromatic carbocycles. The van der Waals surface area contributed by atoms with Crippen molar-refractivity contribution >= 4 is 5.91 Å². The number of rotatable bonds is 5. The molecule has 1 aromatic heterocycles. The van der Waals surface area contributed by atoms with Gasteiger partial charge in [-0.25, -0.2) is 0 Å². The Morgan fingerprint density at radius 1 is 1.04 bits per heavy atom. The Labute approximate surface area is 160 Å². The van der Waals surface area contributed by atoms with E-state index in [1.165, 1.54) is 5.56 Å². The SMILES string of the molecule is Cc1[nH]nc2c1CC(C(=O)N(Cc1ccccc1)Cc1ccccc1)CC2. The average molecular weight is 359 g/mol. The maximum Gasteiger partial charge on any atom is 0.226 e. The van der Waals surface area contributed by atoms with E-state index < -0.39 is 0 Å². The van der Waals surface area contributed by atoms with Crippen LogP contribution in [0.2, 0.25) is 0 Å². The maximum atomic E-state index is 13.4. The van der Waals surface area contributed by atoms with Crippen LogP contribution >= 0.6 is 0 Å². The largest absolute Gasteiger partial charge is 0.334 e. The van der Waals surface area contributed by atoms with Crippen molar-refractivity contribution in [1.29, 1.82) is 0 Å². The molecular weight excluding hydrogens is 334 g/mol. The third-order valence-corrected chi connectivity index (χ3v) is 5.43. The molecule has 1 aliphatic rings. The van der Waals surface area contributed by atoms with E-state index in [0.717, 1.165) is 41.8 Å². The Bertz CT molecular complexity index is 860. The highest BCUT2D eigenvalue weighted by Crippen LogP contribution is 2.28. The van der Waals surface area contributed by atoms with Gasteiger partial charge in [0.15, 0.2) is 0 Å². The molecule has 4 nitrogen and oxygen atoms in total. The molecule has 1 heterocycles. The number of carbonyl (C=O) groups excluding carboxylic acids is 1. The number of hydrogen-bond acceptors (Lipinski definition) is 2. The Hall–Kier alpha value is -2.88. The van der Waals surface area contributed by atoms with Crippen molar-refractivity contribution in [3.63, 3.8) is 0 Å². The molecule has 3 aromatic rings. The van der Waals surface area contributed by atoms with Crippen molar-refractivity contribution in [2.75, 3.05) is 0 Å². The van der Waals surface area contributed by atoms with Crippen molar-refractivity contribution in [2.24, 2.45) is 5.92 Å². The smallest absolute Gasteiger partial charge is 0.226 e. The molecule has 0 saturated carbocycles. The van der Waals surface area contributed by atoms with Crippen LogP contribution in [0.4, 0.5) is 0 Å². The van der Waals surface area contributed by atoms with Crippen molar-refractivity contribution < 1.29 is 4.79 Å². The number of fused-ring (bicyclic) bond motifs is 1. The molecule has 1 N–H and O–H groups in total. The average Bonchev–Trinajstić information content (AvgIpc) is 3.09. The van der Waals surface area contributed by atoms with Crippen molar-refractivity contribution in [1.82, 2.24) is 15.1 Å². The predicted octanol–water partition coefficient (Wildman–Crippen LogP) is 4.05. The molecule has 1 amide bonds. The van der Waals surface area contributed by atoms with Crippen LogP contribution in [-0.2, 0) is 30.7 Å². The van der Waals surface area contributed by atoms with Crippen LogP contribution in [0.15, 0.2) is 60.7 Å². The Morgan fingerprint density at radius 3 is 2.22 bits per heavy atom. The van der Waals surface area contributed by atoms with Gasteiger partial charge in [0.2, 0.25) is 5.91 Å². The lowest BCUT2D eigenvalue weighted by Gasteiger charge is -2.29. The first-order chi connectivity index (χ1) is 13.2. The lowest BCUT2D eigenvalue weighted by atomic mass is 9.85. The third-order valence-electron chi connectivity index (χ3n) is 5.43. The molecule has 0 bridgehead atoms. The molecule has 138 valence electrons. The zero-order chi connectivity index (χ0) is 18.6. The second kappa shape index (κ2) is 7.78. The van der Waals surface area contributed by atoms with Gasteiger partial charge in [0.1, 0.15) is 0 Å². The Kier molecular flexibility index (Phi) is 5.05. The van der Waals surface area contributed by atoms with Gasteiger partial charge in [-0.1, -0.05) is 60.7 Å². The number of nitrogens with one attached hydrogen (secondary N) is 1. The highest BCUT2D eigenvalue weighted by atomic mass is 16.2. The van der Waals surface area contributed by atoms with Crippen LogP contribution < -0.4 is 0 Å². The van der Waals surface area contributed by atoms with Crippen LogP contribution in [0.1, 0.15) is 34.5 Å². The molecule has 1 atom stereocenters. The van der Waals surface area contributed by atoms with Crippen LogP contribution in [0, 0.1) is 12.8 Å². The lowest BCUT2D eigenvalue weighted by molar-refractivity contribution is -0.137. The molecule has 4 rings (SSSR count). The van der Waals surface area contributed by atoms with E-state index in [-0.39, 0.29) is 11.8 Å². The minimum absolute atomic E-state index is 0.0289. The lowest BCUT2D eigenvalue weighted by Crippen LogP contribution is -2.37. The minimum atomic E-state index is 0.0289. The highest BCUT2D eigenvalue weighted by molar-refractivity contribution is 5.79. The summed E-state index contributed by atoms with van der Waals surface area (Å²) in [7, 11) is 0. The van der Waals surface area contributed by atoms with E-state index in [9.17, 15) is 4.79 Å². The second-order valence-corrected chi connectivity index (χ2v) is 7.38. The molecular formula is C23H25N3O. The van der Waals surface area contributed by atoms with Crippen molar-refractivity contribution in [3.05, 3.63) is 88.7 Å². The number of aromatic nitrogens is 2. The summed E-state index contributed by atoms with van der Waals surface area (Å²) in [6.45, 7) is 3.33. The van der Waals surface area contributed by atoms with Crippen LogP contribution in [0.25, 0.3) is 0 Å². The monoisotopic (exact) mass is 359 g/mol. The third kappa shape index (κ3) is 3.95. The van der Waals surface area contributed by atoms with Crippen LogP contribution in [0.3, 0.4) is 0 Å². The summed E-state index contributed by atoms with van der Waals surface area (Å²) in [5, 5.41) is 7.45. The fourth-order valence-corrected chi connectivity index (χ4v) is 3.93. The van der Waals surface area contributed by atoms with E-state index in [4.69, 9.17) is 0 Å². The predicted molar refractivity (Wildman–Crippen MR) is 106 cm³/mol. The summed E-state index contributed by atoms with van der Waals surface area (Å²) in [5.74, 6) is 0.273. The summed E-state index contributed by atoms with van der Waals surface area (Å²) in [6, 6.07) is 20.5. The summed E-state index contributed by atoms with van der Waals surface area (Å²) in [6.07, 6.45) is 2.54. The zero-order valence-corrected chi connectivity index (χ0v) is 15.7. The van der Waals surface area contributed by atoms with Gasteiger partial charge >= 0.3 is 0 Å². The number of aryl methyl sites for hydroxylation is 2. The van der Waals surface area contributed by atoms with Gasteiger partial charge in [-0.05, 0) is 42.9 Å². The number of carbonyl (C=O) groups is 1. The first kappa shape index (κ1) is 17.5. The maximum absolute atomic E-state index is 13.4. The van der Waals surface area contributed by atoms with Gasteiger partial charge in [0.25, 0.3) is 0 Å². The van der Waals surface area contributed by atoms with E-state index in [1.54, 1.807) is 0 Å². The van der Waals surface area contributed by atoms with Gasteiger partial charge in [-0.15, -0.1) is 0 Å². The van der Waals surface area contributed by atoms with Gasteiger partial charge in [0.05, 0.1) is 5.69 Å². The number of benzene rings is 2. The number of H-pyrrole nitrogens is 1. The zero-order valence-electron chi connectivity index (χ0n) is 15.7. The molecule has 27 heavy (non-hydrogen) atoms. The van der Waals surface area contributed by atoms with Crippen molar-refractivity contribution in [2.45, 2.75) is 39.3 Å². The van der Waals surface area contributed by atoms with E-state index >= 15 is 0 Å². The second-order valence-electron chi connectivity index (χ2n) is 7.38. The topological polar surface area (TPSA) is 49.0 Å². The standard InChI is InChI=1S/C23H25N3O/c1-17-21-14-20(12-13-22(21)25-24-17)23(27)26(15-18-8-4-2-5-9-18)16-19-10-6-3-7-11-19/h2-11,20H,12-16H2,1H3,(H,24,25). The van der Waals surface area contributed by atoms with E-state index in [1.807, 2.05) is 48.2 Å². The first-order valence-corrected chi connectivity index (χ1v) is 9.60. The number of aromatic amines is 1. The van der Waals surface area contributed by atoms with Gasteiger partial charge < -0.3 is 4.90 Å². The molecule has 1 aliphatic carbocycles. The normalized spacial score (nSPS) is 16.0. The van der Waals surface area contributed by atoms with E-state index in [0.29, 0.717) is 13.1 Å². The van der Waals surface area contributed by atoms with Crippen LogP contribution in [-0.4, -0.2) is 21.0 Å². The van der Waals surface area contributed by atoms with Crippen LogP contribution in [0.5, 0.6) is 0 Å². The Balaban J connectivity index is 1.55. The minimum Gasteiger partial charge on any atom is -0.334 e. The molecule has 1 unspecified atom stereocenters. The molecule has 4 heteroatoms. The number of hydrogen-bond donors (Lipinski definition) is 1. The van der Waals surface area contributed by atoms with E-state index in [2.05, 4.69) is 34.5 Å². The van der Waals surface area contributed by atoms with Gasteiger partial charge in [-0.3, -0.25) is 9.89 Å². The van der Waals surface area contributed by atoms with Gasteiger partial charge in [0, 0.05) is 24.7 Å². The fraction of sp³-hybridized carbons (Fsp3) is 0.304. The summed E-state index contributed by atoms with van der Waals surface area (Å²) >= 11 is 0. The number of nitrogens with zero attached hydrogens (tertiary/aromatic N) is 2. The number of amides is 1. The van der Waals surface area contributed by atoms with Crippen molar-refractivity contribution in [3.8, 4) is 0 Å². The molecule has 0 radical (unpaired) electrons. The first-order valence-electron chi connectivity index (χ1n) is 9.60. The molecule has 0 fully saturated rings. The fourth-order valence-electron chi connectivity index (χ4n) is 3.93. The molecule has 0 saturated heterocycles. The summed E-state index contributed by atoms with van der Waals surface area (Å²) < 4.78 is 0. The van der Waals surface area contributed by atoms with Gasteiger partial charge in [-0.2, -0.15) is 5.10 Å². The summed E-state index contributed by atoms with van der Waals surface area (Å²) in [5.41, 5.74) is 5.80.